The van der Waals surface area contributed by atoms with Crippen LogP contribution in [0, 0.1) is 11.8 Å². The largest absolute Gasteiger partial charge is 0.391 e. The zero-order valence-electron chi connectivity index (χ0n) is 11.8. The summed E-state index contributed by atoms with van der Waals surface area (Å²) in [5.74, 6) is 1.47. The maximum Gasteiger partial charge on any atom is 0.241 e. The fraction of sp³-hybridized carbons (Fsp3) is 0.714. The minimum atomic E-state index is -3.47. The first-order chi connectivity index (χ1) is 9.53. The average Bonchev–Trinajstić information content (AvgIpc) is 2.90. The maximum atomic E-state index is 12.2. The molecule has 6 heteroatoms. The van der Waals surface area contributed by atoms with Crippen molar-refractivity contribution in [3.8, 4) is 0 Å². The number of rotatable bonds is 6. The topological polar surface area (TPSA) is 66.4 Å². The number of hydrogen-bond acceptors (Lipinski definition) is 4. The van der Waals surface area contributed by atoms with Crippen LogP contribution in [0.2, 0.25) is 0 Å². The highest BCUT2D eigenvalue weighted by Gasteiger charge is 2.21. The fourth-order valence-corrected chi connectivity index (χ4v) is 5.12. The predicted octanol–water partition coefficient (Wildman–Crippen LogP) is 2.74. The van der Waals surface area contributed by atoms with Gasteiger partial charge in [0.25, 0.3) is 0 Å². The summed E-state index contributed by atoms with van der Waals surface area (Å²) in [4.78, 5) is 0.728. The van der Waals surface area contributed by atoms with Gasteiger partial charge in [-0.05, 0) is 29.7 Å². The Hall–Kier alpha value is -0.430. The van der Waals surface area contributed by atoms with Crippen molar-refractivity contribution in [3.63, 3.8) is 0 Å². The molecule has 0 unspecified atom stereocenters. The number of thiophene rings is 1. The Bertz CT molecular complexity index is 516. The average molecular weight is 317 g/mol. The van der Waals surface area contributed by atoms with Gasteiger partial charge in [-0.1, -0.05) is 32.6 Å². The van der Waals surface area contributed by atoms with E-state index >= 15 is 0 Å². The van der Waals surface area contributed by atoms with Gasteiger partial charge in [-0.15, -0.1) is 11.3 Å². The first kappa shape index (κ1) is 15.9. The van der Waals surface area contributed by atoms with Crippen LogP contribution in [-0.4, -0.2) is 20.1 Å². The Labute approximate surface area is 125 Å². The number of hydrogen-bond donors (Lipinski definition) is 2. The van der Waals surface area contributed by atoms with Crippen molar-refractivity contribution in [2.24, 2.45) is 11.8 Å². The molecule has 2 N–H and O–H groups in total. The van der Waals surface area contributed by atoms with E-state index in [-0.39, 0.29) is 11.5 Å². The molecular weight excluding hydrogens is 294 g/mol. The molecule has 0 amide bonds. The molecule has 114 valence electrons. The van der Waals surface area contributed by atoms with Gasteiger partial charge in [-0.2, -0.15) is 0 Å². The first-order valence-corrected chi connectivity index (χ1v) is 9.56. The summed E-state index contributed by atoms with van der Waals surface area (Å²) in [6.45, 7) is 2.54. The highest BCUT2D eigenvalue weighted by molar-refractivity contribution is 7.89. The molecular formula is C14H23NO3S2. The molecule has 0 atom stereocenters. The lowest BCUT2D eigenvalue weighted by molar-refractivity contribution is 0.278. The Morgan fingerprint density at radius 3 is 2.70 bits per heavy atom. The van der Waals surface area contributed by atoms with Crippen LogP contribution in [0.4, 0.5) is 0 Å². The van der Waals surface area contributed by atoms with E-state index in [0.717, 1.165) is 12.3 Å². The van der Waals surface area contributed by atoms with Crippen molar-refractivity contribution < 1.29 is 13.5 Å². The van der Waals surface area contributed by atoms with Crippen LogP contribution in [-0.2, 0) is 16.6 Å². The Kier molecular flexibility index (Phi) is 5.60. The van der Waals surface area contributed by atoms with Crippen LogP contribution >= 0.6 is 11.3 Å². The van der Waals surface area contributed by atoms with E-state index in [2.05, 4.69) is 11.6 Å². The molecule has 1 heterocycles. The highest BCUT2D eigenvalue weighted by Crippen LogP contribution is 2.30. The summed E-state index contributed by atoms with van der Waals surface area (Å²) in [6, 6.07) is 1.56. The smallest absolute Gasteiger partial charge is 0.241 e. The third kappa shape index (κ3) is 4.04. The van der Waals surface area contributed by atoms with E-state index in [4.69, 9.17) is 5.11 Å². The van der Waals surface area contributed by atoms with Crippen molar-refractivity contribution in [1.82, 2.24) is 4.72 Å². The lowest BCUT2D eigenvalue weighted by atomic mass is 9.81. The molecule has 1 aromatic heterocycles. The normalized spacial score (nSPS) is 23.9. The van der Waals surface area contributed by atoms with Crippen molar-refractivity contribution in [2.75, 3.05) is 6.54 Å². The van der Waals surface area contributed by atoms with E-state index in [0.29, 0.717) is 17.3 Å². The molecule has 1 aliphatic rings. The SMILES string of the molecule is CC1CCC(CCNS(=O)(=O)c2ccsc2CO)CC1. The van der Waals surface area contributed by atoms with E-state index in [1.54, 1.807) is 11.4 Å². The molecule has 0 bridgehead atoms. The van der Waals surface area contributed by atoms with Crippen LogP contribution in [0.3, 0.4) is 0 Å². The summed E-state index contributed by atoms with van der Waals surface area (Å²) in [7, 11) is -3.47. The lowest BCUT2D eigenvalue weighted by Gasteiger charge is -2.26. The Morgan fingerprint density at radius 1 is 1.35 bits per heavy atom. The van der Waals surface area contributed by atoms with Crippen LogP contribution in [0.5, 0.6) is 0 Å². The molecule has 0 aliphatic heterocycles. The van der Waals surface area contributed by atoms with Gasteiger partial charge in [-0.3, -0.25) is 0 Å². The summed E-state index contributed by atoms with van der Waals surface area (Å²) < 4.78 is 27.0. The molecule has 1 saturated carbocycles. The third-order valence-corrected chi connectivity index (χ3v) is 6.70. The molecule has 1 fully saturated rings. The summed E-state index contributed by atoms with van der Waals surface area (Å²) in [5, 5.41) is 10.8. The molecule has 20 heavy (non-hydrogen) atoms. The number of aliphatic hydroxyl groups is 1. The van der Waals surface area contributed by atoms with Crippen molar-refractivity contribution in [1.29, 1.82) is 0 Å². The summed E-state index contributed by atoms with van der Waals surface area (Å²) in [6.07, 6.45) is 5.85. The Morgan fingerprint density at radius 2 is 2.05 bits per heavy atom. The molecule has 1 aromatic rings. The van der Waals surface area contributed by atoms with Crippen molar-refractivity contribution >= 4 is 21.4 Å². The van der Waals surface area contributed by atoms with Gasteiger partial charge in [0.1, 0.15) is 0 Å². The minimum absolute atomic E-state index is 0.224. The van der Waals surface area contributed by atoms with Crippen molar-refractivity contribution in [2.45, 2.75) is 50.5 Å². The monoisotopic (exact) mass is 317 g/mol. The molecule has 0 radical (unpaired) electrons. The second-order valence-electron chi connectivity index (χ2n) is 5.68. The molecule has 4 nitrogen and oxygen atoms in total. The maximum absolute atomic E-state index is 12.2. The van der Waals surface area contributed by atoms with Crippen LogP contribution in [0.15, 0.2) is 16.3 Å². The zero-order valence-corrected chi connectivity index (χ0v) is 13.5. The van der Waals surface area contributed by atoms with Gasteiger partial charge in [0, 0.05) is 11.4 Å². The molecule has 0 saturated heterocycles. The number of sulfonamides is 1. The van der Waals surface area contributed by atoms with E-state index < -0.39 is 10.0 Å². The van der Waals surface area contributed by atoms with Crippen LogP contribution in [0.1, 0.15) is 43.9 Å². The van der Waals surface area contributed by atoms with Gasteiger partial charge in [-0.25, -0.2) is 13.1 Å². The summed E-state index contributed by atoms with van der Waals surface area (Å²) >= 11 is 1.27. The molecule has 0 spiro atoms. The predicted molar refractivity (Wildman–Crippen MR) is 81.2 cm³/mol. The third-order valence-electron chi connectivity index (χ3n) is 4.12. The second-order valence-corrected chi connectivity index (χ2v) is 8.41. The minimum Gasteiger partial charge on any atom is -0.391 e. The first-order valence-electron chi connectivity index (χ1n) is 7.20. The summed E-state index contributed by atoms with van der Waals surface area (Å²) in [5.41, 5.74) is 0. The highest BCUT2D eigenvalue weighted by atomic mass is 32.2. The standard InChI is InChI=1S/C14H23NO3S2/c1-11-2-4-12(5-3-11)6-8-15-20(17,18)14-7-9-19-13(14)10-16/h7,9,11-12,15-16H,2-6,8,10H2,1H3. The van der Waals surface area contributed by atoms with Gasteiger partial charge in [0.2, 0.25) is 10.0 Å². The second kappa shape index (κ2) is 7.02. The Balaban J connectivity index is 1.84. The van der Waals surface area contributed by atoms with Crippen LogP contribution in [0.25, 0.3) is 0 Å². The van der Waals surface area contributed by atoms with Crippen molar-refractivity contribution in [3.05, 3.63) is 16.3 Å². The number of aliphatic hydroxyl groups excluding tert-OH is 1. The van der Waals surface area contributed by atoms with Gasteiger partial charge in [0.05, 0.1) is 11.5 Å². The van der Waals surface area contributed by atoms with Gasteiger partial charge in [0.15, 0.2) is 0 Å². The molecule has 2 rings (SSSR count). The molecule has 0 aromatic carbocycles. The van der Waals surface area contributed by atoms with Gasteiger partial charge >= 0.3 is 0 Å². The van der Waals surface area contributed by atoms with E-state index in [9.17, 15) is 8.42 Å². The lowest BCUT2D eigenvalue weighted by Crippen LogP contribution is -2.27. The quantitative estimate of drug-likeness (QED) is 0.848. The van der Waals surface area contributed by atoms with E-state index in [1.165, 1.54) is 37.0 Å². The zero-order chi connectivity index (χ0) is 14.6. The van der Waals surface area contributed by atoms with E-state index in [1.807, 2.05) is 0 Å². The number of nitrogens with one attached hydrogen (secondary N) is 1. The fourth-order valence-electron chi connectivity index (χ4n) is 2.78. The molecule has 1 aliphatic carbocycles. The van der Waals surface area contributed by atoms with Crippen LogP contribution < -0.4 is 4.72 Å². The van der Waals surface area contributed by atoms with Gasteiger partial charge < -0.3 is 5.11 Å².